The second kappa shape index (κ2) is 10.0. The molecule has 10 heteroatoms. The van der Waals surface area contributed by atoms with Gasteiger partial charge in [0.05, 0.1) is 10.6 Å². The van der Waals surface area contributed by atoms with E-state index in [0.29, 0.717) is 48.2 Å². The van der Waals surface area contributed by atoms with Gasteiger partial charge in [-0.15, -0.1) is 0 Å². The molecule has 172 valence electrons. The Balaban J connectivity index is 1.38. The van der Waals surface area contributed by atoms with Crippen LogP contribution in [0.15, 0.2) is 48.8 Å². The van der Waals surface area contributed by atoms with Crippen LogP contribution < -0.4 is 9.64 Å². The van der Waals surface area contributed by atoms with Crippen LogP contribution in [0, 0.1) is 6.92 Å². The number of alkyl halides is 2. The van der Waals surface area contributed by atoms with Gasteiger partial charge >= 0.3 is 12.6 Å². The van der Waals surface area contributed by atoms with Crippen LogP contribution in [-0.4, -0.2) is 46.4 Å². The summed E-state index contributed by atoms with van der Waals surface area (Å²) < 4.78 is 28.9. The number of benzene rings is 1. The lowest BCUT2D eigenvalue weighted by Gasteiger charge is -2.17. The summed E-state index contributed by atoms with van der Waals surface area (Å²) in [6.45, 7) is 0.196. The molecule has 1 aromatic carbocycles. The SMILES string of the molecule is Cc1nc(N2CCN(Cc3ccc(OC(F)F)cc3)C2=O)sc1C(=O)CCc1cccnc1. The van der Waals surface area contributed by atoms with Gasteiger partial charge in [0.25, 0.3) is 0 Å². The van der Waals surface area contributed by atoms with Crippen molar-refractivity contribution in [1.29, 1.82) is 0 Å². The van der Waals surface area contributed by atoms with Gasteiger partial charge < -0.3 is 9.64 Å². The van der Waals surface area contributed by atoms with Gasteiger partial charge in [0.1, 0.15) is 5.75 Å². The van der Waals surface area contributed by atoms with E-state index < -0.39 is 6.61 Å². The zero-order chi connectivity index (χ0) is 23.4. The zero-order valence-electron chi connectivity index (χ0n) is 17.9. The minimum absolute atomic E-state index is 0.00490. The van der Waals surface area contributed by atoms with Gasteiger partial charge in [-0.05, 0) is 42.7 Å². The van der Waals surface area contributed by atoms with Gasteiger partial charge in [-0.3, -0.25) is 14.7 Å². The highest BCUT2D eigenvalue weighted by atomic mass is 32.1. The molecule has 3 heterocycles. The first-order valence-electron chi connectivity index (χ1n) is 10.4. The number of carbonyl (C=O) groups is 2. The van der Waals surface area contributed by atoms with Crippen molar-refractivity contribution in [2.24, 2.45) is 0 Å². The lowest BCUT2D eigenvalue weighted by atomic mass is 10.1. The Morgan fingerprint density at radius 1 is 1.18 bits per heavy atom. The number of rotatable bonds is 9. The molecule has 1 aliphatic rings. The monoisotopic (exact) mass is 472 g/mol. The quantitative estimate of drug-likeness (QED) is 0.422. The maximum absolute atomic E-state index is 12.9. The van der Waals surface area contributed by atoms with Crippen LogP contribution in [0.4, 0.5) is 18.7 Å². The molecule has 2 aromatic heterocycles. The maximum Gasteiger partial charge on any atom is 0.387 e. The fraction of sp³-hybridized carbons (Fsp3) is 0.304. The smallest absolute Gasteiger partial charge is 0.387 e. The topological polar surface area (TPSA) is 75.6 Å². The van der Waals surface area contributed by atoms with Gasteiger partial charge in [0.15, 0.2) is 10.9 Å². The third-order valence-corrected chi connectivity index (χ3v) is 6.47. The molecule has 7 nitrogen and oxygen atoms in total. The summed E-state index contributed by atoms with van der Waals surface area (Å²) >= 11 is 1.23. The fourth-order valence-electron chi connectivity index (χ4n) is 3.58. The van der Waals surface area contributed by atoms with Crippen molar-refractivity contribution < 1.29 is 23.1 Å². The van der Waals surface area contributed by atoms with E-state index in [4.69, 9.17) is 0 Å². The first kappa shape index (κ1) is 22.8. The number of anilines is 1. The van der Waals surface area contributed by atoms with Crippen LogP contribution >= 0.6 is 11.3 Å². The number of hydrogen-bond donors (Lipinski definition) is 0. The van der Waals surface area contributed by atoms with Crippen molar-refractivity contribution in [1.82, 2.24) is 14.9 Å². The number of aryl methyl sites for hydroxylation is 2. The third-order valence-electron chi connectivity index (χ3n) is 5.25. The van der Waals surface area contributed by atoms with E-state index in [1.54, 1.807) is 41.2 Å². The van der Waals surface area contributed by atoms with E-state index in [9.17, 15) is 18.4 Å². The summed E-state index contributed by atoms with van der Waals surface area (Å²) in [6, 6.07) is 9.78. The van der Waals surface area contributed by atoms with E-state index in [1.165, 1.54) is 23.5 Å². The van der Waals surface area contributed by atoms with Crippen molar-refractivity contribution in [3.8, 4) is 5.75 Å². The number of hydrogen-bond acceptors (Lipinski definition) is 6. The number of thiazole rings is 1. The molecular weight excluding hydrogens is 450 g/mol. The highest BCUT2D eigenvalue weighted by molar-refractivity contribution is 7.17. The van der Waals surface area contributed by atoms with Gasteiger partial charge in [0, 0.05) is 38.4 Å². The number of pyridine rings is 1. The molecule has 0 atom stereocenters. The van der Waals surface area contributed by atoms with Crippen LogP contribution in [0.5, 0.6) is 5.75 Å². The average Bonchev–Trinajstić information content (AvgIpc) is 3.36. The lowest BCUT2D eigenvalue weighted by Crippen LogP contribution is -2.31. The zero-order valence-corrected chi connectivity index (χ0v) is 18.7. The van der Waals surface area contributed by atoms with E-state index >= 15 is 0 Å². The summed E-state index contributed by atoms with van der Waals surface area (Å²) in [5, 5.41) is 0.505. The Morgan fingerprint density at radius 2 is 1.97 bits per heavy atom. The molecule has 0 unspecified atom stereocenters. The average molecular weight is 473 g/mol. The molecular formula is C23H22F2N4O3S. The molecule has 1 fully saturated rings. The number of halogens is 2. The first-order valence-corrected chi connectivity index (χ1v) is 11.2. The van der Waals surface area contributed by atoms with Crippen LogP contribution in [0.3, 0.4) is 0 Å². The molecule has 3 aromatic rings. The van der Waals surface area contributed by atoms with E-state index in [0.717, 1.165) is 11.1 Å². The molecule has 0 N–H and O–H groups in total. The Kier molecular flexibility index (Phi) is 6.93. The van der Waals surface area contributed by atoms with E-state index in [2.05, 4.69) is 14.7 Å². The second-order valence-corrected chi connectivity index (χ2v) is 8.55. The Labute approximate surface area is 193 Å². The molecule has 1 aliphatic heterocycles. The molecule has 33 heavy (non-hydrogen) atoms. The third kappa shape index (κ3) is 5.51. The van der Waals surface area contributed by atoms with Crippen molar-refractivity contribution in [2.45, 2.75) is 32.9 Å². The van der Waals surface area contributed by atoms with E-state index in [1.807, 2.05) is 12.1 Å². The van der Waals surface area contributed by atoms with Gasteiger partial charge in [-0.2, -0.15) is 8.78 Å². The van der Waals surface area contributed by atoms with Crippen LogP contribution in [0.2, 0.25) is 0 Å². The van der Waals surface area contributed by atoms with E-state index in [-0.39, 0.29) is 17.6 Å². The summed E-state index contributed by atoms with van der Waals surface area (Å²) in [6.07, 6.45) is 4.38. The maximum atomic E-state index is 12.9. The Morgan fingerprint density at radius 3 is 2.67 bits per heavy atom. The highest BCUT2D eigenvalue weighted by Crippen LogP contribution is 2.30. The minimum Gasteiger partial charge on any atom is -0.435 e. The van der Waals surface area contributed by atoms with Gasteiger partial charge in [0.2, 0.25) is 0 Å². The second-order valence-electron chi connectivity index (χ2n) is 7.57. The molecule has 0 radical (unpaired) electrons. The summed E-state index contributed by atoms with van der Waals surface area (Å²) in [5.74, 6) is 0.0665. The highest BCUT2D eigenvalue weighted by Gasteiger charge is 2.32. The Hall–Kier alpha value is -3.40. The molecule has 0 saturated carbocycles. The summed E-state index contributed by atoms with van der Waals surface area (Å²) in [7, 11) is 0. The first-order chi connectivity index (χ1) is 15.9. The summed E-state index contributed by atoms with van der Waals surface area (Å²) in [4.78, 5) is 38.0. The molecule has 0 aliphatic carbocycles. The number of ketones is 1. The fourth-order valence-corrected chi connectivity index (χ4v) is 4.63. The molecule has 4 rings (SSSR count). The van der Waals surface area contributed by atoms with Crippen LogP contribution in [-0.2, 0) is 13.0 Å². The van der Waals surface area contributed by atoms with Crippen molar-refractivity contribution in [3.05, 3.63) is 70.5 Å². The summed E-state index contributed by atoms with van der Waals surface area (Å²) in [5.41, 5.74) is 2.41. The van der Waals surface area contributed by atoms with Crippen molar-refractivity contribution in [3.63, 3.8) is 0 Å². The number of amides is 2. The normalized spacial score (nSPS) is 13.8. The largest absolute Gasteiger partial charge is 0.435 e. The van der Waals surface area contributed by atoms with Crippen molar-refractivity contribution in [2.75, 3.05) is 18.0 Å². The lowest BCUT2D eigenvalue weighted by molar-refractivity contribution is -0.0498. The molecule has 2 amide bonds. The number of ether oxygens (including phenoxy) is 1. The number of urea groups is 1. The number of aromatic nitrogens is 2. The number of carbonyl (C=O) groups excluding carboxylic acids is 2. The molecule has 0 bridgehead atoms. The van der Waals surface area contributed by atoms with Crippen molar-refractivity contribution >= 4 is 28.3 Å². The predicted octanol–water partition coefficient (Wildman–Crippen LogP) is 4.71. The number of Topliss-reactive ketones (excluding diaryl/α,β-unsaturated/α-hetero) is 1. The predicted molar refractivity (Wildman–Crippen MR) is 120 cm³/mol. The van der Waals surface area contributed by atoms with Gasteiger partial charge in [-0.25, -0.2) is 9.78 Å². The number of nitrogens with zero attached hydrogens (tertiary/aromatic N) is 4. The molecule has 0 spiro atoms. The minimum atomic E-state index is -2.88. The van der Waals surface area contributed by atoms with Crippen LogP contribution in [0.1, 0.15) is 32.9 Å². The van der Waals surface area contributed by atoms with Crippen LogP contribution in [0.25, 0.3) is 0 Å². The van der Waals surface area contributed by atoms with Gasteiger partial charge in [-0.1, -0.05) is 29.5 Å². The molecule has 1 saturated heterocycles. The standard InChI is InChI=1S/C23H22F2N4O3S/c1-15-20(19(30)9-6-16-3-2-10-26-13-16)33-22(27-15)29-12-11-28(23(29)31)14-17-4-7-18(8-5-17)32-21(24)25/h2-5,7-8,10,13,21H,6,9,11-12,14H2,1H3. The Bertz CT molecular complexity index is 1120.